The molecule has 2 aliphatic rings. The van der Waals surface area contributed by atoms with E-state index >= 15 is 0 Å². The summed E-state index contributed by atoms with van der Waals surface area (Å²) in [6.07, 6.45) is 8.97. The molecule has 3 unspecified atom stereocenters. The van der Waals surface area contributed by atoms with Crippen LogP contribution in [-0.2, 0) is 13.0 Å². The quantitative estimate of drug-likeness (QED) is 0.787. The number of allylic oxidation sites excluding steroid dienone is 1. The minimum absolute atomic E-state index is 0.0661. The van der Waals surface area contributed by atoms with Crippen LogP contribution in [0.1, 0.15) is 64.2 Å². The van der Waals surface area contributed by atoms with Crippen molar-refractivity contribution in [2.75, 3.05) is 0 Å². The molecule has 1 N–H and O–H groups in total. The van der Waals surface area contributed by atoms with E-state index in [1.807, 2.05) is 6.07 Å². The van der Waals surface area contributed by atoms with Gasteiger partial charge in [0.05, 0.1) is 12.9 Å². The van der Waals surface area contributed by atoms with Gasteiger partial charge in [0, 0.05) is 12.0 Å². The lowest BCUT2D eigenvalue weighted by Crippen LogP contribution is -2.50. The minimum atomic E-state index is 0.0661. The average molecular weight is 302 g/mol. The second-order valence-corrected chi connectivity index (χ2v) is 8.38. The summed E-state index contributed by atoms with van der Waals surface area (Å²) < 4.78 is 5.68. The predicted octanol–water partition coefficient (Wildman–Crippen LogP) is 5.11. The van der Waals surface area contributed by atoms with Crippen LogP contribution in [0.3, 0.4) is 0 Å². The Morgan fingerprint density at radius 3 is 2.82 bits per heavy atom. The van der Waals surface area contributed by atoms with Gasteiger partial charge in [0.15, 0.2) is 0 Å². The van der Waals surface area contributed by atoms with Crippen LogP contribution in [0, 0.1) is 22.7 Å². The molecule has 0 spiro atoms. The van der Waals surface area contributed by atoms with Crippen molar-refractivity contribution in [3.63, 3.8) is 0 Å². The highest BCUT2D eigenvalue weighted by molar-refractivity contribution is 5.23. The molecule has 3 rings (SSSR count). The van der Waals surface area contributed by atoms with Crippen molar-refractivity contribution in [3.05, 3.63) is 35.8 Å². The molecule has 1 aromatic heterocycles. The van der Waals surface area contributed by atoms with Crippen molar-refractivity contribution in [1.29, 1.82) is 0 Å². The third-order valence-electron chi connectivity index (χ3n) is 6.72. The summed E-state index contributed by atoms with van der Waals surface area (Å²) in [7, 11) is 0. The third-order valence-corrected chi connectivity index (χ3v) is 6.72. The molecule has 22 heavy (non-hydrogen) atoms. The maximum atomic E-state index is 9.50. The number of aliphatic hydroxyl groups excluding tert-OH is 1. The monoisotopic (exact) mass is 302 g/mol. The highest BCUT2D eigenvalue weighted by atomic mass is 16.3. The molecule has 0 saturated heterocycles. The molecule has 2 fully saturated rings. The first kappa shape index (κ1) is 15.9. The second-order valence-electron chi connectivity index (χ2n) is 8.38. The Bertz CT molecular complexity index is 554. The molecular weight excluding hydrogens is 272 g/mol. The number of aliphatic hydroxyl groups is 1. The number of fused-ring (bicyclic) bond motifs is 1. The first-order valence-electron chi connectivity index (χ1n) is 8.72. The Kier molecular flexibility index (Phi) is 4.01. The van der Waals surface area contributed by atoms with Gasteiger partial charge in [-0.05, 0) is 54.4 Å². The van der Waals surface area contributed by atoms with Crippen LogP contribution in [0.4, 0.5) is 0 Å². The average Bonchev–Trinajstić information content (AvgIpc) is 2.89. The highest BCUT2D eigenvalue weighted by Crippen LogP contribution is 2.61. The number of hydrogen-bond donors (Lipinski definition) is 1. The highest BCUT2D eigenvalue weighted by Gasteiger charge is 2.52. The standard InChI is InChI=1S/C20H30O2/c1-14-6-7-18-19(2,3)9-5-10-20(18,4)16(14)12-17-15(13-21)8-11-22-17/h8,11,16,18,21H,1,5-7,9-10,12-13H2,2-4H3. The Hall–Kier alpha value is -1.02. The van der Waals surface area contributed by atoms with Gasteiger partial charge in [0.2, 0.25) is 0 Å². The first-order chi connectivity index (χ1) is 10.4. The van der Waals surface area contributed by atoms with Gasteiger partial charge in [-0.25, -0.2) is 0 Å². The zero-order valence-electron chi connectivity index (χ0n) is 14.3. The maximum absolute atomic E-state index is 9.50. The van der Waals surface area contributed by atoms with Gasteiger partial charge >= 0.3 is 0 Å². The minimum Gasteiger partial charge on any atom is -0.469 e. The van der Waals surface area contributed by atoms with Gasteiger partial charge in [-0.2, -0.15) is 0 Å². The molecule has 3 atom stereocenters. The van der Waals surface area contributed by atoms with Gasteiger partial charge in [0.1, 0.15) is 5.76 Å². The van der Waals surface area contributed by atoms with Gasteiger partial charge in [-0.3, -0.25) is 0 Å². The van der Waals surface area contributed by atoms with Crippen LogP contribution < -0.4 is 0 Å². The lowest BCUT2D eigenvalue weighted by Gasteiger charge is -2.58. The van der Waals surface area contributed by atoms with E-state index in [9.17, 15) is 5.11 Å². The number of furan rings is 1. The van der Waals surface area contributed by atoms with E-state index in [4.69, 9.17) is 4.42 Å². The van der Waals surface area contributed by atoms with E-state index in [2.05, 4.69) is 27.4 Å². The molecule has 2 aliphatic carbocycles. The largest absolute Gasteiger partial charge is 0.469 e. The van der Waals surface area contributed by atoms with Crippen LogP contribution in [0.2, 0.25) is 0 Å². The molecule has 122 valence electrons. The van der Waals surface area contributed by atoms with Crippen molar-refractivity contribution >= 4 is 0 Å². The summed E-state index contributed by atoms with van der Waals surface area (Å²) >= 11 is 0. The van der Waals surface area contributed by atoms with Crippen molar-refractivity contribution < 1.29 is 9.52 Å². The first-order valence-corrected chi connectivity index (χ1v) is 8.72. The fourth-order valence-electron chi connectivity index (χ4n) is 5.52. The molecule has 2 nitrogen and oxygen atoms in total. The Morgan fingerprint density at radius 2 is 2.09 bits per heavy atom. The van der Waals surface area contributed by atoms with Gasteiger partial charge in [0.25, 0.3) is 0 Å². The summed E-state index contributed by atoms with van der Waals surface area (Å²) in [5, 5.41) is 9.50. The molecule has 0 radical (unpaired) electrons. The van der Waals surface area contributed by atoms with E-state index in [1.54, 1.807) is 6.26 Å². The number of hydrogen-bond acceptors (Lipinski definition) is 2. The van der Waals surface area contributed by atoms with Gasteiger partial charge in [-0.15, -0.1) is 0 Å². The molecular formula is C20H30O2. The molecule has 1 aromatic rings. The molecule has 2 saturated carbocycles. The van der Waals surface area contributed by atoms with Crippen LogP contribution in [0.25, 0.3) is 0 Å². The third kappa shape index (κ3) is 2.46. The molecule has 0 aliphatic heterocycles. The molecule has 0 bridgehead atoms. The zero-order valence-corrected chi connectivity index (χ0v) is 14.3. The van der Waals surface area contributed by atoms with Gasteiger partial charge in [-0.1, -0.05) is 39.3 Å². The van der Waals surface area contributed by atoms with Crippen molar-refractivity contribution in [3.8, 4) is 0 Å². The molecule has 0 amide bonds. The zero-order chi connectivity index (χ0) is 16.0. The second kappa shape index (κ2) is 5.56. The Balaban J connectivity index is 1.92. The van der Waals surface area contributed by atoms with Crippen LogP contribution >= 0.6 is 0 Å². The summed E-state index contributed by atoms with van der Waals surface area (Å²) in [4.78, 5) is 0. The van der Waals surface area contributed by atoms with Crippen molar-refractivity contribution in [1.82, 2.24) is 0 Å². The van der Waals surface area contributed by atoms with Crippen LogP contribution in [0.15, 0.2) is 28.9 Å². The summed E-state index contributed by atoms with van der Waals surface area (Å²) in [5.74, 6) is 2.19. The molecule has 0 aromatic carbocycles. The Morgan fingerprint density at radius 1 is 1.32 bits per heavy atom. The summed E-state index contributed by atoms with van der Waals surface area (Å²) in [6.45, 7) is 11.9. The van der Waals surface area contributed by atoms with E-state index in [0.29, 0.717) is 16.7 Å². The predicted molar refractivity (Wildman–Crippen MR) is 89.4 cm³/mol. The molecule has 1 heterocycles. The lowest BCUT2D eigenvalue weighted by atomic mass is 9.47. The number of rotatable bonds is 3. The van der Waals surface area contributed by atoms with Crippen LogP contribution in [-0.4, -0.2) is 5.11 Å². The Labute approximate surface area is 134 Å². The summed E-state index contributed by atoms with van der Waals surface area (Å²) in [6, 6.07) is 1.89. The van der Waals surface area contributed by atoms with E-state index in [1.165, 1.54) is 31.3 Å². The lowest BCUT2D eigenvalue weighted by molar-refractivity contribution is -0.0529. The van der Waals surface area contributed by atoms with E-state index in [0.717, 1.165) is 30.1 Å². The van der Waals surface area contributed by atoms with Gasteiger partial charge < -0.3 is 9.52 Å². The summed E-state index contributed by atoms with van der Waals surface area (Å²) in [5.41, 5.74) is 3.07. The van der Waals surface area contributed by atoms with Crippen molar-refractivity contribution in [2.45, 2.75) is 65.9 Å². The maximum Gasteiger partial charge on any atom is 0.109 e. The van der Waals surface area contributed by atoms with Crippen LogP contribution in [0.5, 0.6) is 0 Å². The normalized spacial score (nSPS) is 34.5. The SMILES string of the molecule is C=C1CCC2C(C)(C)CCCC2(C)C1Cc1occc1CO. The topological polar surface area (TPSA) is 33.4 Å². The van der Waals surface area contributed by atoms with E-state index < -0.39 is 0 Å². The van der Waals surface area contributed by atoms with Crippen molar-refractivity contribution in [2.24, 2.45) is 22.7 Å². The fourth-order valence-corrected chi connectivity index (χ4v) is 5.52. The van der Waals surface area contributed by atoms with E-state index in [-0.39, 0.29) is 6.61 Å². The molecule has 2 heteroatoms. The fraction of sp³-hybridized carbons (Fsp3) is 0.700. The smallest absolute Gasteiger partial charge is 0.109 e.